The van der Waals surface area contributed by atoms with E-state index >= 15 is 0 Å². The van der Waals surface area contributed by atoms with Gasteiger partial charge in [0.1, 0.15) is 5.69 Å². The van der Waals surface area contributed by atoms with Gasteiger partial charge in [-0.1, -0.05) is 0 Å². The van der Waals surface area contributed by atoms with E-state index in [1.54, 1.807) is 39.5 Å². The van der Waals surface area contributed by atoms with E-state index in [0.29, 0.717) is 42.0 Å². The van der Waals surface area contributed by atoms with Crippen molar-refractivity contribution in [1.82, 2.24) is 15.3 Å². The number of aryl methyl sites for hydroxylation is 1. The Kier molecular flexibility index (Phi) is 7.16. The summed E-state index contributed by atoms with van der Waals surface area (Å²) in [5, 5.41) is 5.90. The van der Waals surface area contributed by atoms with E-state index in [1.807, 2.05) is 13.0 Å². The Morgan fingerprint density at radius 1 is 1.08 bits per heavy atom. The van der Waals surface area contributed by atoms with E-state index in [9.17, 15) is 4.79 Å². The number of hydrogen-bond acceptors (Lipinski definition) is 7. The van der Waals surface area contributed by atoms with E-state index < -0.39 is 0 Å². The highest BCUT2D eigenvalue weighted by Gasteiger charge is 2.11. The number of hydrogen-bond donors (Lipinski definition) is 2. The Bertz CT molecular complexity index is 752. The van der Waals surface area contributed by atoms with Gasteiger partial charge in [0.2, 0.25) is 5.95 Å². The van der Waals surface area contributed by atoms with Gasteiger partial charge in [0.05, 0.1) is 14.2 Å². The molecule has 0 spiro atoms. The van der Waals surface area contributed by atoms with Crippen molar-refractivity contribution in [3.8, 4) is 11.5 Å². The number of benzene rings is 1. The number of ether oxygens (including phenoxy) is 3. The first-order chi connectivity index (χ1) is 12.6. The number of nitrogens with zero attached hydrogens (tertiary/aromatic N) is 2. The van der Waals surface area contributed by atoms with Crippen LogP contribution < -0.4 is 20.1 Å². The van der Waals surface area contributed by atoms with E-state index in [0.717, 1.165) is 12.1 Å². The van der Waals surface area contributed by atoms with E-state index in [4.69, 9.17) is 14.2 Å². The summed E-state index contributed by atoms with van der Waals surface area (Å²) in [6, 6.07) is 7.01. The van der Waals surface area contributed by atoms with Gasteiger partial charge in [-0.15, -0.1) is 0 Å². The predicted octanol–water partition coefficient (Wildman–Crippen LogP) is 2.31. The number of carbonyl (C=O) groups is 1. The molecule has 8 heteroatoms. The molecule has 0 aliphatic rings. The molecular weight excluding hydrogens is 336 g/mol. The number of aromatic nitrogens is 2. The summed E-state index contributed by atoms with van der Waals surface area (Å²) in [6.07, 6.45) is 0.739. The first kappa shape index (κ1) is 19.5. The second kappa shape index (κ2) is 9.57. The molecule has 2 rings (SSSR count). The van der Waals surface area contributed by atoms with Crippen LogP contribution in [0.4, 0.5) is 11.6 Å². The van der Waals surface area contributed by atoms with Crippen LogP contribution in [0.1, 0.15) is 22.6 Å². The average molecular weight is 360 g/mol. The maximum Gasteiger partial charge on any atom is 0.270 e. The Labute approximate surface area is 152 Å². The third-order valence-corrected chi connectivity index (χ3v) is 3.54. The maximum absolute atomic E-state index is 12.2. The lowest BCUT2D eigenvalue weighted by atomic mass is 10.2. The fourth-order valence-corrected chi connectivity index (χ4v) is 2.29. The summed E-state index contributed by atoms with van der Waals surface area (Å²) in [6.45, 7) is 2.92. The molecule has 0 saturated heterocycles. The molecule has 2 N–H and O–H groups in total. The Balaban J connectivity index is 2.13. The minimum atomic E-state index is -0.248. The van der Waals surface area contributed by atoms with Gasteiger partial charge in [-0.3, -0.25) is 4.79 Å². The number of nitrogens with one attached hydrogen (secondary N) is 2. The van der Waals surface area contributed by atoms with Crippen LogP contribution in [-0.2, 0) is 4.74 Å². The van der Waals surface area contributed by atoms with Gasteiger partial charge in [-0.25, -0.2) is 9.97 Å². The average Bonchev–Trinajstić information content (AvgIpc) is 2.64. The van der Waals surface area contributed by atoms with E-state index in [-0.39, 0.29) is 5.91 Å². The van der Waals surface area contributed by atoms with Gasteiger partial charge in [0, 0.05) is 37.7 Å². The first-order valence-electron chi connectivity index (χ1n) is 8.19. The molecule has 0 aliphatic heterocycles. The fraction of sp³-hybridized carbons (Fsp3) is 0.389. The largest absolute Gasteiger partial charge is 0.493 e. The number of rotatable bonds is 9. The van der Waals surface area contributed by atoms with Crippen LogP contribution in [0.3, 0.4) is 0 Å². The maximum atomic E-state index is 12.2. The van der Waals surface area contributed by atoms with Crippen molar-refractivity contribution < 1.29 is 19.0 Å². The minimum absolute atomic E-state index is 0.248. The van der Waals surface area contributed by atoms with Gasteiger partial charge in [-0.2, -0.15) is 0 Å². The third kappa shape index (κ3) is 5.32. The van der Waals surface area contributed by atoms with Gasteiger partial charge in [0.25, 0.3) is 5.91 Å². The fourth-order valence-electron chi connectivity index (χ4n) is 2.29. The van der Waals surface area contributed by atoms with Crippen molar-refractivity contribution in [2.45, 2.75) is 13.3 Å². The number of methoxy groups -OCH3 is 3. The topological polar surface area (TPSA) is 94.6 Å². The van der Waals surface area contributed by atoms with Crippen molar-refractivity contribution in [3.63, 3.8) is 0 Å². The number of anilines is 2. The normalized spacial score (nSPS) is 10.3. The minimum Gasteiger partial charge on any atom is -0.493 e. The quantitative estimate of drug-likeness (QED) is 0.663. The molecule has 1 aromatic carbocycles. The molecular formula is C18H24N4O4. The molecule has 0 bridgehead atoms. The van der Waals surface area contributed by atoms with Gasteiger partial charge >= 0.3 is 0 Å². The molecule has 0 unspecified atom stereocenters. The van der Waals surface area contributed by atoms with Crippen LogP contribution in [0.2, 0.25) is 0 Å². The third-order valence-electron chi connectivity index (χ3n) is 3.54. The zero-order valence-corrected chi connectivity index (χ0v) is 15.5. The summed E-state index contributed by atoms with van der Waals surface area (Å²) in [5.41, 5.74) is 1.71. The first-order valence-corrected chi connectivity index (χ1v) is 8.19. The molecule has 2 aromatic rings. The standard InChI is InChI=1S/C18H24N4O4/c1-12-10-14(17(23)19-8-5-9-24-2)22-18(20-12)21-13-6-7-15(25-3)16(11-13)26-4/h6-7,10-11H,5,8-9H2,1-4H3,(H,19,23)(H,20,21,22). The summed E-state index contributed by atoms with van der Waals surface area (Å²) in [7, 11) is 4.77. The summed E-state index contributed by atoms with van der Waals surface area (Å²) in [5.74, 6) is 1.29. The molecule has 0 aliphatic carbocycles. The molecule has 0 saturated carbocycles. The summed E-state index contributed by atoms with van der Waals surface area (Å²) >= 11 is 0. The van der Waals surface area contributed by atoms with Crippen LogP contribution >= 0.6 is 0 Å². The van der Waals surface area contributed by atoms with E-state index in [1.165, 1.54) is 0 Å². The van der Waals surface area contributed by atoms with Crippen molar-refractivity contribution in [1.29, 1.82) is 0 Å². The number of amides is 1. The Morgan fingerprint density at radius 2 is 1.85 bits per heavy atom. The smallest absolute Gasteiger partial charge is 0.270 e. The van der Waals surface area contributed by atoms with E-state index in [2.05, 4.69) is 20.6 Å². The van der Waals surface area contributed by atoms with Crippen LogP contribution in [0.5, 0.6) is 11.5 Å². The van der Waals surface area contributed by atoms with Gasteiger partial charge in [0.15, 0.2) is 11.5 Å². The molecule has 1 aromatic heterocycles. The lowest BCUT2D eigenvalue weighted by Crippen LogP contribution is -2.26. The van der Waals surface area contributed by atoms with Gasteiger partial charge in [-0.05, 0) is 31.5 Å². The second-order valence-electron chi connectivity index (χ2n) is 5.52. The lowest BCUT2D eigenvalue weighted by Gasteiger charge is -2.11. The zero-order chi connectivity index (χ0) is 18.9. The van der Waals surface area contributed by atoms with Crippen molar-refractivity contribution in [3.05, 3.63) is 35.7 Å². The molecule has 140 valence electrons. The highest BCUT2D eigenvalue weighted by molar-refractivity contribution is 5.92. The SMILES string of the molecule is COCCCNC(=O)c1cc(C)nc(Nc2ccc(OC)c(OC)c2)n1. The van der Waals surface area contributed by atoms with Crippen LogP contribution in [0.25, 0.3) is 0 Å². The van der Waals surface area contributed by atoms with Crippen LogP contribution in [-0.4, -0.2) is 50.4 Å². The molecule has 1 amide bonds. The summed E-state index contributed by atoms with van der Waals surface area (Å²) < 4.78 is 15.5. The Morgan fingerprint density at radius 3 is 2.54 bits per heavy atom. The summed E-state index contributed by atoms with van der Waals surface area (Å²) in [4.78, 5) is 20.9. The molecule has 0 atom stereocenters. The van der Waals surface area contributed by atoms with Crippen molar-refractivity contribution in [2.24, 2.45) is 0 Å². The molecule has 8 nitrogen and oxygen atoms in total. The van der Waals surface area contributed by atoms with Crippen molar-refractivity contribution in [2.75, 3.05) is 39.8 Å². The highest BCUT2D eigenvalue weighted by Crippen LogP contribution is 2.30. The molecule has 1 heterocycles. The van der Waals surface area contributed by atoms with Crippen molar-refractivity contribution >= 4 is 17.5 Å². The molecule has 0 fully saturated rings. The highest BCUT2D eigenvalue weighted by atomic mass is 16.5. The zero-order valence-electron chi connectivity index (χ0n) is 15.5. The number of carbonyl (C=O) groups excluding carboxylic acids is 1. The predicted molar refractivity (Wildman–Crippen MR) is 98.4 cm³/mol. The van der Waals surface area contributed by atoms with Gasteiger partial charge < -0.3 is 24.8 Å². The second-order valence-corrected chi connectivity index (χ2v) is 5.52. The van der Waals surface area contributed by atoms with Crippen LogP contribution in [0.15, 0.2) is 24.3 Å². The lowest BCUT2D eigenvalue weighted by molar-refractivity contribution is 0.0943. The Hall–Kier alpha value is -2.87. The molecule has 0 radical (unpaired) electrons. The molecule has 26 heavy (non-hydrogen) atoms. The monoisotopic (exact) mass is 360 g/mol. The van der Waals surface area contributed by atoms with Crippen LogP contribution in [0, 0.1) is 6.92 Å².